The van der Waals surface area contributed by atoms with Crippen LogP contribution in [0.15, 0.2) is 0 Å². The first kappa shape index (κ1) is 11.9. The molecule has 0 bridgehead atoms. The van der Waals surface area contributed by atoms with Gasteiger partial charge in [-0.2, -0.15) is 0 Å². The van der Waals surface area contributed by atoms with Gasteiger partial charge in [0.25, 0.3) is 0 Å². The molecule has 0 aliphatic rings. The third-order valence-electron chi connectivity index (χ3n) is 2.12. The summed E-state index contributed by atoms with van der Waals surface area (Å²) in [6.07, 6.45) is 0.980. The van der Waals surface area contributed by atoms with Crippen molar-refractivity contribution in [3.05, 3.63) is 0 Å². The van der Waals surface area contributed by atoms with Crippen LogP contribution in [0.4, 0.5) is 0 Å². The van der Waals surface area contributed by atoms with E-state index in [-0.39, 0.29) is 6.10 Å². The van der Waals surface area contributed by atoms with Crippen LogP contribution in [-0.4, -0.2) is 35.7 Å². The Morgan fingerprint density at radius 3 is 2.00 bits per heavy atom. The van der Waals surface area contributed by atoms with Gasteiger partial charge in [-0.1, -0.05) is 13.8 Å². The highest BCUT2D eigenvalue weighted by Gasteiger charge is 2.11. The summed E-state index contributed by atoms with van der Waals surface area (Å²) in [7, 11) is 2.07. The summed E-state index contributed by atoms with van der Waals surface area (Å²) in [4.78, 5) is 2.21. The molecule has 74 valence electrons. The lowest BCUT2D eigenvalue weighted by molar-refractivity contribution is 0.115. The van der Waals surface area contributed by atoms with Crippen LogP contribution in [0.5, 0.6) is 0 Å². The molecule has 0 aromatic heterocycles. The average Bonchev–Trinajstić information content (AvgIpc) is 1.84. The largest absolute Gasteiger partial charge is 0.392 e. The lowest BCUT2D eigenvalue weighted by Crippen LogP contribution is -2.35. The predicted molar refractivity (Wildman–Crippen MR) is 53.2 cm³/mol. The van der Waals surface area contributed by atoms with Gasteiger partial charge in [-0.3, -0.25) is 0 Å². The van der Waals surface area contributed by atoms with Gasteiger partial charge in [-0.15, -0.1) is 0 Å². The molecule has 0 aliphatic heterocycles. The van der Waals surface area contributed by atoms with E-state index in [0.717, 1.165) is 12.5 Å². The average molecular weight is 173 g/mol. The predicted octanol–water partition coefficient (Wildman–Crippen LogP) is 1.73. The molecule has 0 aromatic carbocycles. The fourth-order valence-corrected chi connectivity index (χ4v) is 1.46. The Balaban J connectivity index is 3.68. The Bertz CT molecular complexity index is 98.4. The summed E-state index contributed by atoms with van der Waals surface area (Å²) < 4.78 is 0. The van der Waals surface area contributed by atoms with Gasteiger partial charge in [-0.05, 0) is 33.2 Å². The number of aliphatic hydroxyl groups excluding tert-OH is 1. The molecule has 0 saturated heterocycles. The van der Waals surface area contributed by atoms with Gasteiger partial charge in [0.05, 0.1) is 6.10 Å². The molecule has 0 aromatic rings. The van der Waals surface area contributed by atoms with Crippen molar-refractivity contribution in [2.75, 3.05) is 13.6 Å². The van der Waals surface area contributed by atoms with E-state index in [0.29, 0.717) is 6.04 Å². The zero-order chi connectivity index (χ0) is 9.72. The van der Waals surface area contributed by atoms with Crippen molar-refractivity contribution in [3.63, 3.8) is 0 Å². The van der Waals surface area contributed by atoms with Gasteiger partial charge in [-0.25, -0.2) is 0 Å². The summed E-state index contributed by atoms with van der Waals surface area (Å²) >= 11 is 0. The van der Waals surface area contributed by atoms with Gasteiger partial charge < -0.3 is 10.0 Å². The molecular weight excluding hydrogens is 150 g/mol. The lowest BCUT2D eigenvalue weighted by Gasteiger charge is -2.27. The zero-order valence-electron chi connectivity index (χ0n) is 9.04. The molecule has 2 heteroatoms. The van der Waals surface area contributed by atoms with E-state index in [1.54, 1.807) is 0 Å². The fourth-order valence-electron chi connectivity index (χ4n) is 1.46. The first-order valence-electron chi connectivity index (χ1n) is 4.81. The minimum absolute atomic E-state index is 0.218. The molecule has 0 fully saturated rings. The number of hydrogen-bond donors (Lipinski definition) is 1. The minimum Gasteiger partial charge on any atom is -0.392 e. The number of hydrogen-bond acceptors (Lipinski definition) is 2. The summed E-state index contributed by atoms with van der Waals surface area (Å²) in [6.45, 7) is 9.27. The molecule has 2 nitrogen and oxygen atoms in total. The number of rotatable bonds is 5. The molecular formula is C10H23NO. The molecule has 0 amide bonds. The smallest absolute Gasteiger partial charge is 0.0639 e. The van der Waals surface area contributed by atoms with Crippen molar-refractivity contribution in [2.24, 2.45) is 5.92 Å². The maximum Gasteiger partial charge on any atom is 0.0639 e. The lowest BCUT2D eigenvalue weighted by atomic mass is 10.0. The third kappa shape index (κ3) is 5.56. The van der Waals surface area contributed by atoms with Crippen LogP contribution in [-0.2, 0) is 0 Å². The van der Waals surface area contributed by atoms with Gasteiger partial charge in [0.1, 0.15) is 0 Å². The summed E-state index contributed by atoms with van der Waals surface area (Å²) in [5.41, 5.74) is 0. The van der Waals surface area contributed by atoms with Crippen molar-refractivity contribution < 1.29 is 5.11 Å². The van der Waals surface area contributed by atoms with E-state index >= 15 is 0 Å². The molecule has 0 aliphatic carbocycles. The third-order valence-corrected chi connectivity index (χ3v) is 2.12. The maximum absolute atomic E-state index is 9.16. The Kier molecular flexibility index (Phi) is 5.51. The monoisotopic (exact) mass is 173 g/mol. The number of likely N-dealkylation sites (N-methyl/N-ethyl adjacent to an activating group) is 1. The SMILES string of the molecule is CC(C)CC(C)N(C)C[C@@H](C)O. The van der Waals surface area contributed by atoms with Crippen LogP contribution in [0.3, 0.4) is 0 Å². The summed E-state index contributed by atoms with van der Waals surface area (Å²) in [5, 5.41) is 9.16. The Morgan fingerprint density at radius 2 is 1.67 bits per heavy atom. The molecule has 1 unspecified atom stereocenters. The second kappa shape index (κ2) is 5.55. The van der Waals surface area contributed by atoms with Crippen LogP contribution in [0.2, 0.25) is 0 Å². The first-order chi connectivity index (χ1) is 5.43. The molecule has 2 atom stereocenters. The van der Waals surface area contributed by atoms with Crippen LogP contribution in [0.1, 0.15) is 34.1 Å². The standard InChI is InChI=1S/C10H23NO/c1-8(2)6-9(3)11(5)7-10(4)12/h8-10,12H,6-7H2,1-5H3/t9?,10-/m1/s1. The van der Waals surface area contributed by atoms with Crippen molar-refractivity contribution >= 4 is 0 Å². The normalized spacial score (nSPS) is 17.0. The molecule has 0 rings (SSSR count). The number of aliphatic hydroxyl groups is 1. The van der Waals surface area contributed by atoms with E-state index in [4.69, 9.17) is 5.11 Å². The second-order valence-electron chi connectivity index (χ2n) is 4.27. The Labute approximate surface area is 76.6 Å². The molecule has 0 saturated carbocycles. The van der Waals surface area contributed by atoms with Gasteiger partial charge >= 0.3 is 0 Å². The quantitative estimate of drug-likeness (QED) is 0.684. The summed E-state index contributed by atoms with van der Waals surface area (Å²) in [6, 6.07) is 0.569. The van der Waals surface area contributed by atoms with E-state index in [2.05, 4.69) is 32.7 Å². The second-order valence-corrected chi connectivity index (χ2v) is 4.27. The molecule has 1 N–H and O–H groups in total. The van der Waals surface area contributed by atoms with Crippen molar-refractivity contribution in [3.8, 4) is 0 Å². The molecule has 0 spiro atoms. The van der Waals surface area contributed by atoms with Crippen LogP contribution < -0.4 is 0 Å². The van der Waals surface area contributed by atoms with Crippen molar-refractivity contribution in [1.82, 2.24) is 4.90 Å². The van der Waals surface area contributed by atoms with Crippen molar-refractivity contribution in [1.29, 1.82) is 0 Å². The first-order valence-corrected chi connectivity index (χ1v) is 4.81. The maximum atomic E-state index is 9.16. The van der Waals surface area contributed by atoms with E-state index < -0.39 is 0 Å². The minimum atomic E-state index is -0.218. The zero-order valence-corrected chi connectivity index (χ0v) is 9.04. The number of nitrogens with zero attached hydrogens (tertiary/aromatic N) is 1. The van der Waals surface area contributed by atoms with Crippen LogP contribution in [0.25, 0.3) is 0 Å². The van der Waals surface area contributed by atoms with Gasteiger partial charge in [0.15, 0.2) is 0 Å². The fraction of sp³-hybridized carbons (Fsp3) is 1.00. The van der Waals surface area contributed by atoms with Gasteiger partial charge in [0.2, 0.25) is 0 Å². The topological polar surface area (TPSA) is 23.5 Å². The molecule has 0 radical (unpaired) electrons. The molecule has 12 heavy (non-hydrogen) atoms. The van der Waals surface area contributed by atoms with E-state index in [1.807, 2.05) is 6.92 Å². The van der Waals surface area contributed by atoms with Gasteiger partial charge in [0, 0.05) is 12.6 Å². The van der Waals surface area contributed by atoms with E-state index in [1.165, 1.54) is 6.42 Å². The van der Waals surface area contributed by atoms with Crippen molar-refractivity contribution in [2.45, 2.75) is 46.3 Å². The van der Waals surface area contributed by atoms with Crippen LogP contribution >= 0.6 is 0 Å². The Morgan fingerprint density at radius 1 is 1.17 bits per heavy atom. The highest BCUT2D eigenvalue weighted by molar-refractivity contribution is 4.66. The van der Waals surface area contributed by atoms with Crippen LogP contribution in [0, 0.1) is 5.92 Å². The highest BCUT2D eigenvalue weighted by Crippen LogP contribution is 2.09. The van der Waals surface area contributed by atoms with E-state index in [9.17, 15) is 0 Å². The highest BCUT2D eigenvalue weighted by atomic mass is 16.3. The Hall–Kier alpha value is -0.0800. The molecule has 0 heterocycles. The summed E-state index contributed by atoms with van der Waals surface area (Å²) in [5.74, 6) is 0.733.